The third-order valence-electron chi connectivity index (χ3n) is 4.95. The molecular formula is C16H14N2O6. The second-order valence-corrected chi connectivity index (χ2v) is 6.25. The Morgan fingerprint density at radius 3 is 2.71 bits per heavy atom. The maximum Gasteiger partial charge on any atom is 0.297 e. The van der Waals surface area contributed by atoms with Crippen LogP contribution in [0.1, 0.15) is 6.92 Å². The summed E-state index contributed by atoms with van der Waals surface area (Å²) >= 11 is 0. The van der Waals surface area contributed by atoms with E-state index in [0.717, 1.165) is 4.90 Å². The van der Waals surface area contributed by atoms with Crippen LogP contribution >= 0.6 is 0 Å². The van der Waals surface area contributed by atoms with E-state index < -0.39 is 40.3 Å². The molecule has 0 unspecified atom stereocenters. The fourth-order valence-corrected chi connectivity index (χ4v) is 3.86. The van der Waals surface area contributed by atoms with Crippen LogP contribution in [0.2, 0.25) is 0 Å². The molecule has 24 heavy (non-hydrogen) atoms. The van der Waals surface area contributed by atoms with Gasteiger partial charge in [0.05, 0.1) is 41.6 Å². The van der Waals surface area contributed by atoms with Gasteiger partial charge in [-0.1, -0.05) is 12.2 Å². The van der Waals surface area contributed by atoms with Crippen molar-refractivity contribution in [1.29, 1.82) is 0 Å². The molecule has 4 atom stereocenters. The molecule has 2 bridgehead atoms. The molecule has 2 saturated heterocycles. The summed E-state index contributed by atoms with van der Waals surface area (Å²) in [7, 11) is 1.39. The minimum atomic E-state index is -0.835. The van der Waals surface area contributed by atoms with Crippen molar-refractivity contribution in [2.24, 2.45) is 11.8 Å². The van der Waals surface area contributed by atoms with Crippen LogP contribution in [0.5, 0.6) is 5.75 Å². The lowest BCUT2D eigenvalue weighted by atomic mass is 9.78. The molecular weight excluding hydrogens is 316 g/mol. The van der Waals surface area contributed by atoms with E-state index in [-0.39, 0.29) is 17.1 Å². The van der Waals surface area contributed by atoms with Gasteiger partial charge >= 0.3 is 0 Å². The molecule has 124 valence electrons. The maximum absolute atomic E-state index is 12.9. The Hall–Kier alpha value is -2.74. The Morgan fingerprint density at radius 1 is 1.33 bits per heavy atom. The number of hydrogen-bond donors (Lipinski definition) is 0. The Morgan fingerprint density at radius 2 is 2.08 bits per heavy atom. The van der Waals surface area contributed by atoms with Crippen molar-refractivity contribution in [1.82, 2.24) is 0 Å². The summed E-state index contributed by atoms with van der Waals surface area (Å²) in [4.78, 5) is 37.3. The SMILES string of the molecule is COc1ccc(N2C(=O)[C@H]3[C@@H](C2=O)[C@@]2(C)C=C[C@H]3O2)c([N+](=O)[O-])c1. The number of nitro benzene ring substituents is 1. The number of rotatable bonds is 3. The third kappa shape index (κ3) is 1.71. The molecule has 3 heterocycles. The molecule has 2 fully saturated rings. The minimum Gasteiger partial charge on any atom is -0.496 e. The first-order valence-corrected chi connectivity index (χ1v) is 7.45. The van der Waals surface area contributed by atoms with Crippen LogP contribution < -0.4 is 9.64 Å². The molecule has 1 aromatic rings. The van der Waals surface area contributed by atoms with Gasteiger partial charge in [-0.3, -0.25) is 19.7 Å². The molecule has 0 radical (unpaired) electrons. The summed E-state index contributed by atoms with van der Waals surface area (Å²) in [6.07, 6.45) is 3.10. The molecule has 0 N–H and O–H groups in total. The highest BCUT2D eigenvalue weighted by Crippen LogP contribution is 2.53. The lowest BCUT2D eigenvalue weighted by Crippen LogP contribution is -2.38. The van der Waals surface area contributed by atoms with E-state index in [1.165, 1.54) is 25.3 Å². The van der Waals surface area contributed by atoms with Gasteiger partial charge in [-0.15, -0.1) is 0 Å². The fraction of sp³-hybridized carbons (Fsp3) is 0.375. The van der Waals surface area contributed by atoms with Crippen molar-refractivity contribution in [3.8, 4) is 5.75 Å². The Bertz CT molecular complexity index is 819. The third-order valence-corrected chi connectivity index (χ3v) is 4.95. The predicted molar refractivity (Wildman–Crippen MR) is 81.5 cm³/mol. The first-order chi connectivity index (χ1) is 11.4. The molecule has 2 amide bonds. The van der Waals surface area contributed by atoms with E-state index in [1.54, 1.807) is 19.1 Å². The zero-order valence-electron chi connectivity index (χ0n) is 13.0. The van der Waals surface area contributed by atoms with E-state index >= 15 is 0 Å². The van der Waals surface area contributed by atoms with E-state index in [4.69, 9.17) is 9.47 Å². The van der Waals surface area contributed by atoms with Gasteiger partial charge in [-0.2, -0.15) is 0 Å². The fourth-order valence-electron chi connectivity index (χ4n) is 3.86. The maximum atomic E-state index is 12.9. The number of benzene rings is 1. The lowest BCUT2D eigenvalue weighted by molar-refractivity contribution is -0.384. The second-order valence-electron chi connectivity index (χ2n) is 6.25. The molecule has 8 nitrogen and oxygen atoms in total. The van der Waals surface area contributed by atoms with Crippen LogP contribution in [0.15, 0.2) is 30.4 Å². The monoisotopic (exact) mass is 330 g/mol. The quantitative estimate of drug-likeness (QED) is 0.360. The Kier molecular flexibility index (Phi) is 2.86. The summed E-state index contributed by atoms with van der Waals surface area (Å²) < 4.78 is 10.7. The van der Waals surface area contributed by atoms with Crippen LogP contribution in [-0.2, 0) is 14.3 Å². The van der Waals surface area contributed by atoms with Gasteiger partial charge in [0.2, 0.25) is 11.8 Å². The topological polar surface area (TPSA) is 99.0 Å². The average molecular weight is 330 g/mol. The van der Waals surface area contributed by atoms with Crippen LogP contribution in [0.3, 0.4) is 0 Å². The summed E-state index contributed by atoms with van der Waals surface area (Å²) in [6, 6.07) is 4.06. The molecule has 3 aliphatic heterocycles. The number of fused-ring (bicyclic) bond motifs is 5. The first-order valence-electron chi connectivity index (χ1n) is 7.45. The summed E-state index contributed by atoms with van der Waals surface area (Å²) in [6.45, 7) is 1.76. The highest BCUT2D eigenvalue weighted by atomic mass is 16.6. The molecule has 0 aromatic heterocycles. The Labute approximate surface area is 136 Å². The first kappa shape index (κ1) is 14.8. The van der Waals surface area contributed by atoms with E-state index in [2.05, 4.69) is 0 Å². The van der Waals surface area contributed by atoms with Gasteiger partial charge in [0.15, 0.2) is 0 Å². The number of ether oxygens (including phenoxy) is 2. The number of amides is 2. The number of carbonyl (C=O) groups excluding carboxylic acids is 2. The van der Waals surface area contributed by atoms with Gasteiger partial charge in [-0.25, -0.2) is 4.90 Å². The summed E-state index contributed by atoms with van der Waals surface area (Å²) in [5.41, 5.74) is -1.21. The highest BCUT2D eigenvalue weighted by Gasteiger charge is 2.66. The van der Waals surface area contributed by atoms with E-state index in [9.17, 15) is 19.7 Å². The number of carbonyl (C=O) groups is 2. The van der Waals surface area contributed by atoms with Crippen molar-refractivity contribution in [3.63, 3.8) is 0 Å². The zero-order valence-corrected chi connectivity index (χ0v) is 13.0. The van der Waals surface area contributed by atoms with Crippen molar-refractivity contribution in [2.45, 2.75) is 18.6 Å². The van der Waals surface area contributed by atoms with Gasteiger partial charge in [0, 0.05) is 0 Å². The molecule has 1 aromatic carbocycles. The molecule has 8 heteroatoms. The molecule has 4 rings (SSSR count). The number of anilines is 1. The highest BCUT2D eigenvalue weighted by molar-refractivity contribution is 6.24. The van der Waals surface area contributed by atoms with Gasteiger partial charge in [0.25, 0.3) is 5.69 Å². The van der Waals surface area contributed by atoms with Crippen LogP contribution in [-0.4, -0.2) is 35.6 Å². The normalized spacial score (nSPS) is 33.2. The van der Waals surface area contributed by atoms with Gasteiger partial charge < -0.3 is 9.47 Å². The van der Waals surface area contributed by atoms with E-state index in [0.29, 0.717) is 0 Å². The lowest BCUT2D eigenvalue weighted by Gasteiger charge is -2.24. The molecule has 0 aliphatic carbocycles. The van der Waals surface area contributed by atoms with Gasteiger partial charge in [-0.05, 0) is 19.1 Å². The minimum absolute atomic E-state index is 0.0341. The average Bonchev–Trinajstić information content (AvgIpc) is 3.16. The summed E-state index contributed by atoms with van der Waals surface area (Å²) in [5, 5.41) is 11.4. The van der Waals surface area contributed by atoms with Crippen LogP contribution in [0.25, 0.3) is 0 Å². The molecule has 0 spiro atoms. The number of nitrogens with zero attached hydrogens (tertiary/aromatic N) is 2. The number of methoxy groups -OCH3 is 1. The Balaban J connectivity index is 1.81. The van der Waals surface area contributed by atoms with E-state index in [1.807, 2.05) is 0 Å². The predicted octanol–water partition coefficient (Wildman–Crippen LogP) is 1.44. The smallest absolute Gasteiger partial charge is 0.297 e. The van der Waals surface area contributed by atoms with Crippen molar-refractivity contribution >= 4 is 23.2 Å². The zero-order chi connectivity index (χ0) is 17.2. The van der Waals surface area contributed by atoms with Crippen molar-refractivity contribution in [2.75, 3.05) is 12.0 Å². The molecule has 3 aliphatic rings. The van der Waals surface area contributed by atoms with Crippen LogP contribution in [0, 0.1) is 22.0 Å². The number of nitro groups is 1. The van der Waals surface area contributed by atoms with Crippen LogP contribution in [0.4, 0.5) is 11.4 Å². The summed E-state index contributed by atoms with van der Waals surface area (Å²) in [5.74, 6) is -1.93. The number of hydrogen-bond acceptors (Lipinski definition) is 6. The largest absolute Gasteiger partial charge is 0.496 e. The molecule has 0 saturated carbocycles. The second kappa shape index (κ2) is 4.64. The van der Waals surface area contributed by atoms with Gasteiger partial charge in [0.1, 0.15) is 11.4 Å². The van der Waals surface area contributed by atoms with Crippen molar-refractivity contribution in [3.05, 3.63) is 40.5 Å². The standard InChI is InChI=1S/C16H14N2O6/c1-16-6-5-11(24-16)12-13(16)15(20)17(14(12)19)9-4-3-8(23-2)7-10(9)18(21)22/h3-7,11-13H,1-2H3/t11-,12-,13+,16-/m1/s1. The number of imide groups is 1. The van der Waals surface area contributed by atoms with Crippen molar-refractivity contribution < 1.29 is 24.0 Å².